The standard InChI is InChI=1S/C34H34ClFN6O4/c35-27-17-24(10-11-28(27)36)39-34-26-18-30(31(45-21-23-8-9-23)19-29(26)37-22-38-34)40-32(43)7-4-12-41-13-15-42(16-14-41)20-33(44)46-25-5-2-1-3-6-25/h1-7,10-11,17-19,22-23H,8-9,12-16,20-21H2,(H,40,43)(H,37,38,39). The van der Waals surface area contributed by atoms with Crippen LogP contribution in [0, 0.1) is 11.7 Å². The highest BCUT2D eigenvalue weighted by Gasteiger charge is 2.23. The molecule has 46 heavy (non-hydrogen) atoms. The van der Waals surface area contributed by atoms with Gasteiger partial charge in [-0.15, -0.1) is 0 Å². The predicted molar refractivity (Wildman–Crippen MR) is 175 cm³/mol. The van der Waals surface area contributed by atoms with Gasteiger partial charge in [-0.3, -0.25) is 19.4 Å². The van der Waals surface area contributed by atoms with Gasteiger partial charge in [0.15, 0.2) is 0 Å². The minimum absolute atomic E-state index is 0.00993. The van der Waals surface area contributed by atoms with Crippen LogP contribution in [-0.4, -0.2) is 77.5 Å². The number of benzene rings is 3. The molecule has 2 aliphatic rings. The fraction of sp³-hybridized carbons (Fsp3) is 0.294. The summed E-state index contributed by atoms with van der Waals surface area (Å²) in [5.41, 5.74) is 1.67. The summed E-state index contributed by atoms with van der Waals surface area (Å²) in [6, 6.07) is 16.9. The molecule has 0 unspecified atom stereocenters. The van der Waals surface area contributed by atoms with Gasteiger partial charge in [0.1, 0.15) is 29.5 Å². The van der Waals surface area contributed by atoms with E-state index in [2.05, 4.69) is 30.4 Å². The zero-order valence-corrected chi connectivity index (χ0v) is 25.9. The molecule has 4 aromatic rings. The normalized spacial score (nSPS) is 15.6. The molecule has 6 rings (SSSR count). The van der Waals surface area contributed by atoms with Crippen LogP contribution in [0.15, 0.2) is 79.1 Å². The largest absolute Gasteiger partial charge is 0.491 e. The number of anilines is 3. The summed E-state index contributed by atoms with van der Waals surface area (Å²) >= 11 is 5.97. The number of amides is 1. The van der Waals surface area contributed by atoms with Gasteiger partial charge in [-0.25, -0.2) is 14.4 Å². The number of nitrogens with zero attached hydrogens (tertiary/aromatic N) is 4. The topological polar surface area (TPSA) is 109 Å². The van der Waals surface area contributed by atoms with E-state index < -0.39 is 5.82 Å². The minimum Gasteiger partial charge on any atom is -0.491 e. The second-order valence-electron chi connectivity index (χ2n) is 11.4. The van der Waals surface area contributed by atoms with Gasteiger partial charge in [-0.05, 0) is 55.2 Å². The van der Waals surface area contributed by atoms with Crippen molar-refractivity contribution in [2.75, 3.05) is 56.5 Å². The number of hydrogen-bond donors (Lipinski definition) is 2. The summed E-state index contributed by atoms with van der Waals surface area (Å²) in [6.45, 7) is 4.38. The van der Waals surface area contributed by atoms with Crippen molar-refractivity contribution in [3.05, 3.63) is 90.0 Å². The van der Waals surface area contributed by atoms with E-state index in [1.807, 2.05) is 24.3 Å². The van der Waals surface area contributed by atoms with E-state index in [0.717, 1.165) is 39.0 Å². The Morgan fingerprint density at radius 3 is 2.54 bits per heavy atom. The molecule has 1 aromatic heterocycles. The van der Waals surface area contributed by atoms with Crippen molar-refractivity contribution in [3.8, 4) is 11.5 Å². The molecule has 0 bridgehead atoms. The van der Waals surface area contributed by atoms with Crippen molar-refractivity contribution < 1.29 is 23.5 Å². The van der Waals surface area contributed by atoms with Gasteiger partial charge < -0.3 is 20.1 Å². The maximum atomic E-state index is 13.7. The van der Waals surface area contributed by atoms with Crippen LogP contribution in [0.3, 0.4) is 0 Å². The van der Waals surface area contributed by atoms with Crippen LogP contribution in [-0.2, 0) is 9.59 Å². The Morgan fingerprint density at radius 1 is 1.00 bits per heavy atom. The van der Waals surface area contributed by atoms with Crippen LogP contribution < -0.4 is 20.1 Å². The number of nitrogens with one attached hydrogen (secondary N) is 2. The summed E-state index contributed by atoms with van der Waals surface area (Å²) in [7, 11) is 0. The molecule has 10 nitrogen and oxygen atoms in total. The molecule has 238 valence electrons. The smallest absolute Gasteiger partial charge is 0.325 e. The Morgan fingerprint density at radius 2 is 1.78 bits per heavy atom. The molecular weight excluding hydrogens is 611 g/mol. The average molecular weight is 645 g/mol. The monoisotopic (exact) mass is 644 g/mol. The second kappa shape index (κ2) is 14.7. The number of ether oxygens (including phenoxy) is 2. The fourth-order valence-corrected chi connectivity index (χ4v) is 5.23. The first-order valence-electron chi connectivity index (χ1n) is 15.2. The van der Waals surface area contributed by atoms with Crippen LogP contribution in [0.4, 0.5) is 21.6 Å². The van der Waals surface area contributed by atoms with Gasteiger partial charge in [0, 0.05) is 55.9 Å². The van der Waals surface area contributed by atoms with Crippen molar-refractivity contribution in [1.82, 2.24) is 19.8 Å². The number of aromatic nitrogens is 2. The van der Waals surface area contributed by atoms with E-state index in [9.17, 15) is 14.0 Å². The third kappa shape index (κ3) is 8.57. The van der Waals surface area contributed by atoms with E-state index in [-0.39, 0.29) is 23.4 Å². The summed E-state index contributed by atoms with van der Waals surface area (Å²) in [6.07, 6.45) is 7.02. The molecule has 1 saturated carbocycles. The molecule has 3 aromatic carbocycles. The van der Waals surface area contributed by atoms with Crippen LogP contribution in [0.25, 0.3) is 10.9 Å². The summed E-state index contributed by atoms with van der Waals surface area (Å²) in [4.78, 5) is 38.4. The molecule has 1 amide bonds. The van der Waals surface area contributed by atoms with E-state index in [0.29, 0.717) is 58.7 Å². The van der Waals surface area contributed by atoms with Gasteiger partial charge in [-0.1, -0.05) is 35.9 Å². The lowest BCUT2D eigenvalue weighted by Crippen LogP contribution is -2.48. The number of fused-ring (bicyclic) bond motifs is 1. The molecular formula is C34H34ClFN6O4. The Bertz CT molecular complexity index is 1730. The number of esters is 1. The summed E-state index contributed by atoms with van der Waals surface area (Å²) < 4.78 is 25.2. The van der Waals surface area contributed by atoms with Gasteiger partial charge >= 0.3 is 5.97 Å². The average Bonchev–Trinajstić information content (AvgIpc) is 3.88. The highest BCUT2D eigenvalue weighted by Crippen LogP contribution is 2.36. The third-order valence-corrected chi connectivity index (χ3v) is 8.06. The van der Waals surface area contributed by atoms with Gasteiger partial charge in [0.25, 0.3) is 0 Å². The van der Waals surface area contributed by atoms with Crippen LogP contribution >= 0.6 is 11.6 Å². The van der Waals surface area contributed by atoms with Gasteiger partial charge in [-0.2, -0.15) is 0 Å². The molecule has 1 aliphatic carbocycles. The molecule has 0 atom stereocenters. The molecule has 2 heterocycles. The van der Waals surface area contributed by atoms with E-state index in [1.165, 1.54) is 24.5 Å². The number of carbonyl (C=O) groups is 2. The SMILES string of the molecule is O=C(C=CCN1CCN(CC(=O)Oc2ccccc2)CC1)Nc1cc2c(Nc3ccc(F)c(Cl)c3)ncnc2cc1OCC1CC1. The Hall–Kier alpha value is -4.58. The molecule has 1 aliphatic heterocycles. The highest BCUT2D eigenvalue weighted by molar-refractivity contribution is 6.31. The molecule has 0 radical (unpaired) electrons. The number of halogens is 2. The lowest BCUT2D eigenvalue weighted by Gasteiger charge is -2.33. The summed E-state index contributed by atoms with van der Waals surface area (Å²) in [5, 5.41) is 6.76. The van der Waals surface area contributed by atoms with Crippen LogP contribution in [0.1, 0.15) is 12.8 Å². The van der Waals surface area contributed by atoms with Gasteiger partial charge in [0.2, 0.25) is 5.91 Å². The quantitative estimate of drug-likeness (QED) is 0.115. The predicted octanol–water partition coefficient (Wildman–Crippen LogP) is 5.67. The minimum atomic E-state index is -0.515. The van der Waals surface area contributed by atoms with Crippen molar-refractivity contribution in [1.29, 1.82) is 0 Å². The first-order chi connectivity index (χ1) is 22.4. The maximum absolute atomic E-state index is 13.7. The lowest BCUT2D eigenvalue weighted by molar-refractivity contribution is -0.136. The zero-order valence-electron chi connectivity index (χ0n) is 25.1. The van der Waals surface area contributed by atoms with Crippen molar-refractivity contribution in [2.45, 2.75) is 12.8 Å². The number of carbonyl (C=O) groups excluding carboxylic acids is 2. The first kappa shape index (κ1) is 31.4. The number of hydrogen-bond acceptors (Lipinski definition) is 9. The fourth-order valence-electron chi connectivity index (χ4n) is 5.05. The van der Waals surface area contributed by atoms with Crippen molar-refractivity contribution in [3.63, 3.8) is 0 Å². The zero-order chi connectivity index (χ0) is 31.9. The molecule has 2 fully saturated rings. The summed E-state index contributed by atoms with van der Waals surface area (Å²) in [5.74, 6) is 0.964. The van der Waals surface area contributed by atoms with E-state index in [1.54, 1.807) is 30.3 Å². The number of para-hydroxylation sites is 1. The number of piperazine rings is 1. The maximum Gasteiger partial charge on any atom is 0.325 e. The number of rotatable bonds is 12. The molecule has 2 N–H and O–H groups in total. The second-order valence-corrected chi connectivity index (χ2v) is 11.8. The molecule has 1 saturated heterocycles. The van der Waals surface area contributed by atoms with Crippen molar-refractivity contribution >= 4 is 51.6 Å². The first-order valence-corrected chi connectivity index (χ1v) is 15.6. The van der Waals surface area contributed by atoms with Gasteiger partial charge in [0.05, 0.1) is 29.4 Å². The Labute approximate surface area is 271 Å². The Balaban J connectivity index is 1.06. The Kier molecular flexibility index (Phi) is 10.0. The van der Waals surface area contributed by atoms with Crippen LogP contribution in [0.5, 0.6) is 11.5 Å². The lowest BCUT2D eigenvalue weighted by atomic mass is 10.1. The van der Waals surface area contributed by atoms with Crippen LogP contribution in [0.2, 0.25) is 5.02 Å². The highest BCUT2D eigenvalue weighted by atomic mass is 35.5. The molecule has 12 heteroatoms. The molecule has 0 spiro atoms. The third-order valence-electron chi connectivity index (χ3n) is 7.77. The van der Waals surface area contributed by atoms with Crippen molar-refractivity contribution in [2.24, 2.45) is 5.92 Å². The van der Waals surface area contributed by atoms with E-state index in [4.69, 9.17) is 21.1 Å². The van der Waals surface area contributed by atoms with E-state index >= 15 is 0 Å².